The first-order valence-electron chi connectivity index (χ1n) is 6.57. The third-order valence-corrected chi connectivity index (χ3v) is 5.12. The first-order chi connectivity index (χ1) is 10.7. The zero-order valence-electron chi connectivity index (χ0n) is 11.9. The van der Waals surface area contributed by atoms with Gasteiger partial charge in [-0.2, -0.15) is 13.2 Å². The van der Waals surface area contributed by atoms with E-state index in [4.69, 9.17) is 0 Å². The molecule has 0 aliphatic carbocycles. The largest absolute Gasteiger partial charge is 0.417 e. The van der Waals surface area contributed by atoms with E-state index in [9.17, 15) is 21.6 Å². The highest BCUT2D eigenvalue weighted by atomic mass is 32.2. The van der Waals surface area contributed by atoms with E-state index in [0.717, 1.165) is 34.1 Å². The molecule has 2 heterocycles. The molecule has 0 spiro atoms. The van der Waals surface area contributed by atoms with E-state index in [-0.39, 0.29) is 15.9 Å². The fraction of sp³-hybridized carbons (Fsp3) is 0.133. The predicted octanol–water partition coefficient (Wildman–Crippen LogP) is 3.60. The molecular weight excluding hydrogens is 329 g/mol. The zero-order chi connectivity index (χ0) is 16.8. The van der Waals surface area contributed by atoms with Crippen LogP contribution in [0.5, 0.6) is 0 Å². The highest BCUT2D eigenvalue weighted by Gasteiger charge is 2.34. The summed E-state index contributed by atoms with van der Waals surface area (Å²) in [6, 6.07) is 7.98. The van der Waals surface area contributed by atoms with Crippen LogP contribution < -0.4 is 0 Å². The van der Waals surface area contributed by atoms with Gasteiger partial charge in [0, 0.05) is 17.8 Å². The number of alkyl halides is 3. The minimum Gasteiger partial charge on any atom is -0.237 e. The van der Waals surface area contributed by atoms with Gasteiger partial charge in [-0.1, -0.05) is 17.7 Å². The summed E-state index contributed by atoms with van der Waals surface area (Å²) in [7, 11) is -4.01. The topological polar surface area (TPSA) is 52.0 Å². The molecule has 4 nitrogen and oxygen atoms in total. The van der Waals surface area contributed by atoms with E-state index in [0.29, 0.717) is 0 Å². The number of rotatable bonds is 2. The van der Waals surface area contributed by atoms with Crippen LogP contribution in [0, 0.1) is 6.92 Å². The molecule has 0 atom stereocenters. The van der Waals surface area contributed by atoms with Crippen LogP contribution in [0.1, 0.15) is 11.1 Å². The van der Waals surface area contributed by atoms with Crippen LogP contribution in [0.3, 0.4) is 0 Å². The van der Waals surface area contributed by atoms with E-state index in [1.165, 1.54) is 12.1 Å². The molecule has 0 N–H and O–H groups in total. The summed E-state index contributed by atoms with van der Waals surface area (Å²) < 4.78 is 65.0. The number of aryl methyl sites for hydroxylation is 1. The van der Waals surface area contributed by atoms with Gasteiger partial charge in [0.1, 0.15) is 0 Å². The zero-order valence-corrected chi connectivity index (χ0v) is 12.7. The smallest absolute Gasteiger partial charge is 0.237 e. The van der Waals surface area contributed by atoms with Crippen LogP contribution in [0.2, 0.25) is 0 Å². The highest BCUT2D eigenvalue weighted by molar-refractivity contribution is 7.90. The third-order valence-electron chi connectivity index (χ3n) is 3.44. The number of nitrogens with zero attached hydrogens (tertiary/aromatic N) is 2. The lowest BCUT2D eigenvalue weighted by Gasteiger charge is -2.10. The van der Waals surface area contributed by atoms with Crippen LogP contribution >= 0.6 is 0 Å². The number of halogens is 3. The Morgan fingerprint density at radius 3 is 2.30 bits per heavy atom. The summed E-state index contributed by atoms with van der Waals surface area (Å²) >= 11 is 0. The summed E-state index contributed by atoms with van der Waals surface area (Å²) in [6.45, 7) is 1.80. The van der Waals surface area contributed by atoms with Gasteiger partial charge < -0.3 is 0 Å². The average molecular weight is 340 g/mol. The van der Waals surface area contributed by atoms with Gasteiger partial charge in [0.25, 0.3) is 10.0 Å². The molecule has 120 valence electrons. The van der Waals surface area contributed by atoms with E-state index in [1.54, 1.807) is 19.1 Å². The van der Waals surface area contributed by atoms with Gasteiger partial charge in [0.2, 0.25) is 0 Å². The Morgan fingerprint density at radius 2 is 1.70 bits per heavy atom. The van der Waals surface area contributed by atoms with Crippen molar-refractivity contribution in [3.63, 3.8) is 0 Å². The summed E-state index contributed by atoms with van der Waals surface area (Å²) in [5, 5.41) is -0.254. The fourth-order valence-electron chi connectivity index (χ4n) is 2.28. The molecule has 0 saturated carbocycles. The molecule has 0 unspecified atom stereocenters. The predicted molar refractivity (Wildman–Crippen MR) is 78.5 cm³/mol. The molecule has 0 aliphatic rings. The first kappa shape index (κ1) is 15.5. The summed E-state index contributed by atoms with van der Waals surface area (Å²) in [5.41, 5.74) is -0.292. The number of benzene rings is 1. The lowest BCUT2D eigenvalue weighted by atomic mass is 10.2. The van der Waals surface area contributed by atoms with Crippen molar-refractivity contribution in [2.24, 2.45) is 0 Å². The van der Waals surface area contributed by atoms with Crippen molar-refractivity contribution >= 4 is 21.1 Å². The van der Waals surface area contributed by atoms with E-state index in [1.807, 2.05) is 0 Å². The third kappa shape index (κ3) is 2.59. The van der Waals surface area contributed by atoms with E-state index >= 15 is 0 Å². The van der Waals surface area contributed by atoms with Gasteiger partial charge in [0.15, 0.2) is 5.65 Å². The number of pyridine rings is 1. The molecule has 1 aromatic carbocycles. The Hall–Kier alpha value is -2.35. The molecule has 0 saturated heterocycles. The van der Waals surface area contributed by atoms with Crippen molar-refractivity contribution in [3.8, 4) is 0 Å². The standard InChI is InChI=1S/C15H11F3N2O2S/c1-10-2-4-11(5-3-10)23(21,22)20-9-7-12-13(15(16,17)18)6-8-19-14(12)20/h2-9H,1H3. The number of fused-ring (bicyclic) bond motifs is 1. The fourth-order valence-corrected chi connectivity index (χ4v) is 3.58. The van der Waals surface area contributed by atoms with Crippen molar-refractivity contribution in [1.29, 1.82) is 0 Å². The normalized spacial score (nSPS) is 12.7. The Balaban J connectivity index is 2.23. The monoisotopic (exact) mass is 340 g/mol. The van der Waals surface area contributed by atoms with Crippen molar-refractivity contribution in [1.82, 2.24) is 8.96 Å². The molecule has 0 amide bonds. The molecule has 0 aliphatic heterocycles. The number of aromatic nitrogens is 2. The molecule has 23 heavy (non-hydrogen) atoms. The van der Waals surface area contributed by atoms with Crippen molar-refractivity contribution in [2.75, 3.05) is 0 Å². The minimum absolute atomic E-state index is 0.0141. The van der Waals surface area contributed by atoms with Gasteiger partial charge in [-0.05, 0) is 31.2 Å². The molecule has 0 radical (unpaired) electrons. The maximum absolute atomic E-state index is 13.0. The van der Waals surface area contributed by atoms with Crippen molar-refractivity contribution in [3.05, 3.63) is 59.9 Å². The second-order valence-corrected chi connectivity index (χ2v) is 6.84. The molecule has 0 fully saturated rings. The second kappa shape index (κ2) is 5.09. The van der Waals surface area contributed by atoms with E-state index < -0.39 is 21.8 Å². The summed E-state index contributed by atoms with van der Waals surface area (Å²) in [4.78, 5) is 3.79. The van der Waals surface area contributed by atoms with Gasteiger partial charge in [0.05, 0.1) is 10.5 Å². The van der Waals surface area contributed by atoms with Crippen LogP contribution in [0.25, 0.3) is 11.0 Å². The van der Waals surface area contributed by atoms with Crippen LogP contribution in [0.15, 0.2) is 53.7 Å². The van der Waals surface area contributed by atoms with Gasteiger partial charge in [-0.15, -0.1) is 0 Å². The summed E-state index contributed by atoms with van der Waals surface area (Å²) in [5.74, 6) is 0. The molecule has 0 bridgehead atoms. The Morgan fingerprint density at radius 1 is 1.04 bits per heavy atom. The first-order valence-corrected chi connectivity index (χ1v) is 8.01. The molecular formula is C15H11F3N2O2S. The van der Waals surface area contributed by atoms with Gasteiger partial charge in [-0.3, -0.25) is 0 Å². The molecule has 2 aromatic heterocycles. The Labute approximate surface area is 130 Å². The molecule has 3 rings (SSSR count). The van der Waals surface area contributed by atoms with Gasteiger partial charge in [-0.25, -0.2) is 17.4 Å². The van der Waals surface area contributed by atoms with E-state index in [2.05, 4.69) is 4.98 Å². The number of hydrogen-bond acceptors (Lipinski definition) is 3. The quantitative estimate of drug-likeness (QED) is 0.716. The van der Waals surface area contributed by atoms with Crippen LogP contribution in [0.4, 0.5) is 13.2 Å². The number of hydrogen-bond donors (Lipinski definition) is 0. The average Bonchev–Trinajstić information content (AvgIpc) is 2.91. The lowest BCUT2D eigenvalue weighted by molar-refractivity contribution is -0.136. The minimum atomic E-state index is -4.58. The maximum Gasteiger partial charge on any atom is 0.417 e. The SMILES string of the molecule is Cc1ccc(S(=O)(=O)n2ccc3c(C(F)(F)F)ccnc32)cc1. The highest BCUT2D eigenvalue weighted by Crippen LogP contribution is 2.35. The molecule has 8 heteroatoms. The Bertz CT molecular complexity index is 974. The molecule has 3 aromatic rings. The van der Waals surface area contributed by atoms with Crippen LogP contribution in [-0.4, -0.2) is 17.4 Å². The van der Waals surface area contributed by atoms with Crippen LogP contribution in [-0.2, 0) is 16.2 Å². The van der Waals surface area contributed by atoms with Crippen molar-refractivity contribution in [2.45, 2.75) is 18.0 Å². The maximum atomic E-state index is 13.0. The summed E-state index contributed by atoms with van der Waals surface area (Å²) in [6.07, 6.45) is -2.55. The lowest BCUT2D eigenvalue weighted by Crippen LogP contribution is -2.13. The van der Waals surface area contributed by atoms with Crippen molar-refractivity contribution < 1.29 is 21.6 Å². The second-order valence-electron chi connectivity index (χ2n) is 5.02. The van der Waals surface area contributed by atoms with Gasteiger partial charge >= 0.3 is 6.18 Å². The Kier molecular flexibility index (Phi) is 3.44.